The second-order valence-corrected chi connectivity index (χ2v) is 6.29. The molecule has 0 unspecified atom stereocenters. The van der Waals surface area contributed by atoms with Crippen LogP contribution in [-0.4, -0.2) is 54.3 Å². The van der Waals surface area contributed by atoms with Gasteiger partial charge in [-0.15, -0.1) is 0 Å². The quantitative estimate of drug-likeness (QED) is 0.909. The van der Waals surface area contributed by atoms with Crippen LogP contribution < -0.4 is 5.73 Å². The summed E-state index contributed by atoms with van der Waals surface area (Å²) in [5.74, 6) is 0.0212. The van der Waals surface area contributed by atoms with Crippen molar-refractivity contribution in [2.24, 2.45) is 11.7 Å². The maximum absolute atomic E-state index is 12.4. The zero-order valence-corrected chi connectivity index (χ0v) is 12.8. The van der Waals surface area contributed by atoms with Gasteiger partial charge in [0, 0.05) is 43.5 Å². The van der Waals surface area contributed by atoms with Crippen molar-refractivity contribution in [3.8, 4) is 0 Å². The molecule has 2 amide bonds. The molecule has 0 bridgehead atoms. The highest BCUT2D eigenvalue weighted by Crippen LogP contribution is 2.18. The molecule has 0 aliphatic carbocycles. The first-order chi connectivity index (χ1) is 9.49. The number of carbonyl (C=O) groups is 2. The highest BCUT2D eigenvalue weighted by Gasteiger charge is 2.25. The molecule has 1 fully saturated rings. The summed E-state index contributed by atoms with van der Waals surface area (Å²) in [6, 6.07) is 0. The number of hydrogen-bond acceptors (Lipinski definition) is 4. The molecule has 20 heavy (non-hydrogen) atoms. The van der Waals surface area contributed by atoms with E-state index < -0.39 is 5.91 Å². The molecule has 0 aromatic carbocycles. The van der Waals surface area contributed by atoms with E-state index in [0.717, 1.165) is 19.6 Å². The van der Waals surface area contributed by atoms with Crippen molar-refractivity contribution < 1.29 is 9.59 Å². The molecule has 1 saturated heterocycles. The summed E-state index contributed by atoms with van der Waals surface area (Å²) in [6.07, 6.45) is 0. The van der Waals surface area contributed by atoms with E-state index >= 15 is 0 Å². The highest BCUT2D eigenvalue weighted by atomic mass is 32.1. The van der Waals surface area contributed by atoms with E-state index in [-0.39, 0.29) is 5.91 Å². The lowest BCUT2D eigenvalue weighted by Crippen LogP contribution is -2.49. The molecule has 6 heteroatoms. The minimum Gasteiger partial charge on any atom is -0.366 e. The maximum atomic E-state index is 12.4. The van der Waals surface area contributed by atoms with E-state index in [0.29, 0.717) is 30.1 Å². The zero-order valence-electron chi connectivity index (χ0n) is 12.0. The molecular formula is C14H21N3O2S. The van der Waals surface area contributed by atoms with E-state index in [2.05, 4.69) is 18.7 Å². The number of amides is 2. The van der Waals surface area contributed by atoms with E-state index in [1.54, 1.807) is 10.8 Å². The lowest BCUT2D eigenvalue weighted by Gasteiger charge is -2.35. The fourth-order valence-corrected chi connectivity index (χ4v) is 3.28. The monoisotopic (exact) mass is 295 g/mol. The Balaban J connectivity index is 1.98. The SMILES string of the molecule is CC(C)CN1CCN(C(=O)c2cscc2C(N)=O)CC1. The third-order valence-corrected chi connectivity index (χ3v) is 4.18. The van der Waals surface area contributed by atoms with Crippen molar-refractivity contribution in [3.63, 3.8) is 0 Å². The van der Waals surface area contributed by atoms with Crippen molar-refractivity contribution >= 4 is 23.2 Å². The molecule has 0 atom stereocenters. The van der Waals surface area contributed by atoms with Gasteiger partial charge in [0.1, 0.15) is 0 Å². The number of nitrogens with zero attached hydrogens (tertiary/aromatic N) is 2. The highest BCUT2D eigenvalue weighted by molar-refractivity contribution is 7.08. The Morgan fingerprint density at radius 2 is 1.80 bits per heavy atom. The molecule has 1 aliphatic heterocycles. The molecule has 1 aromatic rings. The zero-order chi connectivity index (χ0) is 14.7. The number of piperazine rings is 1. The molecule has 1 aromatic heterocycles. The van der Waals surface area contributed by atoms with Gasteiger partial charge in [0.05, 0.1) is 11.1 Å². The van der Waals surface area contributed by atoms with Crippen LogP contribution in [-0.2, 0) is 0 Å². The van der Waals surface area contributed by atoms with Crippen LogP contribution >= 0.6 is 11.3 Å². The summed E-state index contributed by atoms with van der Waals surface area (Å²) >= 11 is 1.34. The topological polar surface area (TPSA) is 66.6 Å². The van der Waals surface area contributed by atoms with Crippen molar-refractivity contribution in [1.29, 1.82) is 0 Å². The van der Waals surface area contributed by atoms with Gasteiger partial charge >= 0.3 is 0 Å². The van der Waals surface area contributed by atoms with Crippen molar-refractivity contribution in [2.45, 2.75) is 13.8 Å². The van der Waals surface area contributed by atoms with Gasteiger partial charge in [0.2, 0.25) is 5.91 Å². The first-order valence-corrected chi connectivity index (χ1v) is 7.81. The van der Waals surface area contributed by atoms with Crippen LogP contribution in [0.2, 0.25) is 0 Å². The van der Waals surface area contributed by atoms with Gasteiger partial charge in [-0.05, 0) is 5.92 Å². The van der Waals surface area contributed by atoms with E-state index in [1.807, 2.05) is 4.90 Å². The Hall–Kier alpha value is -1.40. The predicted molar refractivity (Wildman–Crippen MR) is 80.0 cm³/mol. The largest absolute Gasteiger partial charge is 0.366 e. The van der Waals surface area contributed by atoms with E-state index in [1.165, 1.54) is 11.3 Å². The molecule has 2 N–H and O–H groups in total. The molecule has 0 spiro atoms. The fraction of sp³-hybridized carbons (Fsp3) is 0.571. The van der Waals surface area contributed by atoms with Gasteiger partial charge in [-0.3, -0.25) is 14.5 Å². The van der Waals surface area contributed by atoms with Crippen molar-refractivity contribution in [2.75, 3.05) is 32.7 Å². The molecule has 2 heterocycles. The summed E-state index contributed by atoms with van der Waals surface area (Å²) in [6.45, 7) is 8.65. The molecule has 110 valence electrons. The summed E-state index contributed by atoms with van der Waals surface area (Å²) in [5, 5.41) is 3.35. The molecule has 2 rings (SSSR count). The minimum atomic E-state index is -0.534. The Kier molecular flexibility index (Phi) is 4.77. The minimum absolute atomic E-state index is 0.0794. The number of thiophene rings is 1. The second kappa shape index (κ2) is 6.37. The van der Waals surface area contributed by atoms with Gasteiger partial charge in [0.25, 0.3) is 5.91 Å². The number of nitrogens with two attached hydrogens (primary N) is 1. The average molecular weight is 295 g/mol. The molecule has 0 radical (unpaired) electrons. The Morgan fingerprint density at radius 3 is 2.35 bits per heavy atom. The normalized spacial score (nSPS) is 16.6. The van der Waals surface area contributed by atoms with E-state index in [4.69, 9.17) is 5.73 Å². The molecule has 5 nitrogen and oxygen atoms in total. The van der Waals surface area contributed by atoms with Crippen molar-refractivity contribution in [3.05, 3.63) is 21.9 Å². The van der Waals surface area contributed by atoms with Gasteiger partial charge in [-0.2, -0.15) is 11.3 Å². The number of rotatable bonds is 4. The Morgan fingerprint density at radius 1 is 1.20 bits per heavy atom. The number of carbonyl (C=O) groups excluding carboxylic acids is 2. The van der Waals surface area contributed by atoms with E-state index in [9.17, 15) is 9.59 Å². The summed E-state index contributed by atoms with van der Waals surface area (Å²) in [4.78, 5) is 27.9. The van der Waals surface area contributed by atoms with Gasteiger partial charge < -0.3 is 10.6 Å². The molecular weight excluding hydrogens is 274 g/mol. The lowest BCUT2D eigenvalue weighted by atomic mass is 10.1. The first kappa shape index (κ1) is 15.0. The van der Waals surface area contributed by atoms with Gasteiger partial charge in [0.15, 0.2) is 0 Å². The second-order valence-electron chi connectivity index (χ2n) is 5.55. The molecule has 0 saturated carbocycles. The first-order valence-electron chi connectivity index (χ1n) is 6.86. The van der Waals surface area contributed by atoms with Crippen LogP contribution in [0.3, 0.4) is 0 Å². The Bertz CT molecular complexity index is 490. The fourth-order valence-electron chi connectivity index (χ4n) is 2.47. The average Bonchev–Trinajstić information content (AvgIpc) is 2.87. The summed E-state index contributed by atoms with van der Waals surface area (Å²) < 4.78 is 0. The van der Waals surface area contributed by atoms with Crippen LogP contribution in [0.4, 0.5) is 0 Å². The third kappa shape index (κ3) is 3.37. The predicted octanol–water partition coefficient (Wildman–Crippen LogP) is 1.26. The summed E-state index contributed by atoms with van der Waals surface area (Å²) in [5.41, 5.74) is 6.07. The lowest BCUT2D eigenvalue weighted by molar-refractivity contribution is 0.0621. The van der Waals surface area contributed by atoms with Crippen LogP contribution in [0, 0.1) is 5.92 Å². The smallest absolute Gasteiger partial charge is 0.255 e. The maximum Gasteiger partial charge on any atom is 0.255 e. The van der Waals surface area contributed by atoms with Crippen molar-refractivity contribution in [1.82, 2.24) is 9.80 Å². The van der Waals surface area contributed by atoms with Crippen LogP contribution in [0.25, 0.3) is 0 Å². The molecule has 1 aliphatic rings. The summed E-state index contributed by atoms with van der Waals surface area (Å²) in [7, 11) is 0. The van der Waals surface area contributed by atoms with Crippen LogP contribution in [0.15, 0.2) is 10.8 Å². The van der Waals surface area contributed by atoms with Crippen LogP contribution in [0.1, 0.15) is 34.6 Å². The van der Waals surface area contributed by atoms with Gasteiger partial charge in [-0.25, -0.2) is 0 Å². The number of hydrogen-bond donors (Lipinski definition) is 1. The Labute approximate surface area is 123 Å². The third-order valence-electron chi connectivity index (χ3n) is 3.44. The number of primary amides is 1. The van der Waals surface area contributed by atoms with Gasteiger partial charge in [-0.1, -0.05) is 13.8 Å². The van der Waals surface area contributed by atoms with Crippen LogP contribution in [0.5, 0.6) is 0 Å². The standard InChI is InChI=1S/C14H21N3O2S/c1-10(2)7-16-3-5-17(6-4-16)14(19)12-9-20-8-11(12)13(15)18/h8-10H,3-7H2,1-2H3,(H2,15,18).